The van der Waals surface area contributed by atoms with E-state index < -0.39 is 0 Å². The Bertz CT molecular complexity index is 678. The van der Waals surface area contributed by atoms with Crippen LogP contribution in [0.4, 0.5) is 5.95 Å². The number of benzene rings is 1. The largest absolute Gasteiger partial charge is 0.396 e. The van der Waals surface area contributed by atoms with Crippen molar-refractivity contribution in [1.82, 2.24) is 9.97 Å². The van der Waals surface area contributed by atoms with Crippen LogP contribution in [0, 0.1) is 5.92 Å². The quantitative estimate of drug-likeness (QED) is 0.878. The predicted octanol–water partition coefficient (Wildman–Crippen LogP) is 1.89. The van der Waals surface area contributed by atoms with E-state index in [0.717, 1.165) is 30.4 Å². The molecule has 0 aliphatic carbocycles. The summed E-state index contributed by atoms with van der Waals surface area (Å²) in [5, 5.41) is 9.75. The lowest BCUT2D eigenvalue weighted by atomic mass is 9.98. The van der Waals surface area contributed by atoms with Crippen molar-refractivity contribution in [3.8, 4) is 0 Å². The SMILES string of the molecule is O=c1[nH]c(N2CCC(CO)CC2)nc2ccc(Br)cc12. The van der Waals surface area contributed by atoms with Gasteiger partial charge in [0.25, 0.3) is 5.56 Å². The first-order chi connectivity index (χ1) is 9.67. The molecule has 0 spiro atoms. The molecule has 0 atom stereocenters. The lowest BCUT2D eigenvalue weighted by Gasteiger charge is -2.31. The summed E-state index contributed by atoms with van der Waals surface area (Å²) in [5.74, 6) is 0.996. The highest BCUT2D eigenvalue weighted by Crippen LogP contribution is 2.21. The van der Waals surface area contributed by atoms with Crippen molar-refractivity contribution >= 4 is 32.8 Å². The van der Waals surface area contributed by atoms with Crippen LogP contribution in [-0.2, 0) is 0 Å². The predicted molar refractivity (Wildman–Crippen MR) is 82.1 cm³/mol. The molecule has 5 nitrogen and oxygen atoms in total. The minimum atomic E-state index is -0.115. The molecule has 0 unspecified atom stereocenters. The van der Waals surface area contributed by atoms with Crippen LogP contribution in [0.3, 0.4) is 0 Å². The Morgan fingerprint density at radius 1 is 1.40 bits per heavy atom. The zero-order chi connectivity index (χ0) is 14.1. The first-order valence-corrected chi connectivity index (χ1v) is 7.52. The summed E-state index contributed by atoms with van der Waals surface area (Å²) >= 11 is 3.36. The number of anilines is 1. The molecule has 0 radical (unpaired) electrons. The summed E-state index contributed by atoms with van der Waals surface area (Å²) in [6.07, 6.45) is 1.86. The van der Waals surface area contributed by atoms with Crippen LogP contribution in [0.25, 0.3) is 10.9 Å². The lowest BCUT2D eigenvalue weighted by molar-refractivity contribution is 0.202. The van der Waals surface area contributed by atoms with E-state index in [4.69, 9.17) is 5.11 Å². The number of hydrogen-bond acceptors (Lipinski definition) is 4. The fraction of sp³-hybridized carbons (Fsp3) is 0.429. The van der Waals surface area contributed by atoms with Crippen LogP contribution in [0.5, 0.6) is 0 Å². The van der Waals surface area contributed by atoms with Crippen molar-refractivity contribution in [1.29, 1.82) is 0 Å². The number of aromatic amines is 1. The van der Waals surface area contributed by atoms with Crippen LogP contribution in [-0.4, -0.2) is 34.8 Å². The molecule has 6 heteroatoms. The van der Waals surface area contributed by atoms with E-state index in [-0.39, 0.29) is 12.2 Å². The van der Waals surface area contributed by atoms with Crippen molar-refractivity contribution in [2.75, 3.05) is 24.6 Å². The van der Waals surface area contributed by atoms with Gasteiger partial charge in [0.05, 0.1) is 10.9 Å². The first kappa shape index (κ1) is 13.6. The number of fused-ring (bicyclic) bond motifs is 1. The molecule has 1 aromatic heterocycles. The molecule has 1 aliphatic heterocycles. The van der Waals surface area contributed by atoms with Gasteiger partial charge in [-0.1, -0.05) is 15.9 Å². The molecule has 0 amide bonds. The van der Waals surface area contributed by atoms with Gasteiger partial charge in [0, 0.05) is 24.2 Å². The molecule has 1 aliphatic rings. The van der Waals surface area contributed by atoms with Gasteiger partial charge in [-0.25, -0.2) is 4.98 Å². The molecule has 2 aromatic rings. The van der Waals surface area contributed by atoms with E-state index in [1.54, 1.807) is 6.07 Å². The van der Waals surface area contributed by atoms with E-state index in [1.807, 2.05) is 12.1 Å². The van der Waals surface area contributed by atoms with Crippen LogP contribution in [0.15, 0.2) is 27.5 Å². The minimum Gasteiger partial charge on any atom is -0.396 e. The van der Waals surface area contributed by atoms with Crippen molar-refractivity contribution < 1.29 is 5.11 Å². The Kier molecular flexibility index (Phi) is 3.76. The molecule has 1 saturated heterocycles. The van der Waals surface area contributed by atoms with Crippen LogP contribution >= 0.6 is 15.9 Å². The fourth-order valence-corrected chi connectivity index (χ4v) is 2.94. The molecule has 2 heterocycles. The van der Waals surface area contributed by atoms with Gasteiger partial charge in [-0.3, -0.25) is 9.78 Å². The maximum atomic E-state index is 12.1. The van der Waals surface area contributed by atoms with E-state index in [1.165, 1.54) is 0 Å². The maximum absolute atomic E-state index is 12.1. The highest BCUT2D eigenvalue weighted by atomic mass is 79.9. The molecular weight excluding hydrogens is 322 g/mol. The van der Waals surface area contributed by atoms with Crippen molar-refractivity contribution in [2.24, 2.45) is 5.92 Å². The third-order valence-corrected chi connectivity index (χ3v) is 4.32. The van der Waals surface area contributed by atoms with Gasteiger partial charge in [0.1, 0.15) is 0 Å². The second-order valence-electron chi connectivity index (χ2n) is 5.16. The number of hydrogen-bond donors (Lipinski definition) is 2. The van der Waals surface area contributed by atoms with Crippen molar-refractivity contribution in [3.63, 3.8) is 0 Å². The number of aliphatic hydroxyl groups is 1. The Balaban J connectivity index is 1.93. The Hall–Kier alpha value is -1.40. The average molecular weight is 338 g/mol. The number of rotatable bonds is 2. The second kappa shape index (κ2) is 5.54. The third kappa shape index (κ3) is 2.58. The highest BCUT2D eigenvalue weighted by molar-refractivity contribution is 9.10. The number of aromatic nitrogens is 2. The number of nitrogens with one attached hydrogen (secondary N) is 1. The summed E-state index contributed by atoms with van der Waals surface area (Å²) in [6.45, 7) is 1.87. The molecule has 1 fully saturated rings. The van der Waals surface area contributed by atoms with Gasteiger partial charge in [-0.2, -0.15) is 0 Å². The summed E-state index contributed by atoms with van der Waals surface area (Å²) in [5.41, 5.74) is 0.590. The Morgan fingerprint density at radius 2 is 2.15 bits per heavy atom. The Morgan fingerprint density at radius 3 is 2.85 bits per heavy atom. The summed E-state index contributed by atoms with van der Waals surface area (Å²) in [6, 6.07) is 5.51. The molecular formula is C14H16BrN3O2. The molecule has 106 valence electrons. The summed E-state index contributed by atoms with van der Waals surface area (Å²) in [7, 11) is 0. The van der Waals surface area contributed by atoms with E-state index in [9.17, 15) is 4.79 Å². The monoisotopic (exact) mass is 337 g/mol. The van der Waals surface area contributed by atoms with Crippen LogP contribution < -0.4 is 10.5 Å². The van der Waals surface area contributed by atoms with Gasteiger partial charge in [0.2, 0.25) is 5.95 Å². The lowest BCUT2D eigenvalue weighted by Crippen LogP contribution is -2.36. The zero-order valence-corrected chi connectivity index (χ0v) is 12.6. The van der Waals surface area contributed by atoms with Crippen molar-refractivity contribution in [3.05, 3.63) is 33.0 Å². The average Bonchev–Trinajstić information content (AvgIpc) is 2.48. The number of halogens is 1. The number of piperidine rings is 1. The van der Waals surface area contributed by atoms with Gasteiger partial charge in [0.15, 0.2) is 0 Å². The molecule has 20 heavy (non-hydrogen) atoms. The van der Waals surface area contributed by atoms with Gasteiger partial charge >= 0.3 is 0 Å². The number of aliphatic hydroxyl groups excluding tert-OH is 1. The fourth-order valence-electron chi connectivity index (χ4n) is 2.58. The number of H-pyrrole nitrogens is 1. The number of nitrogens with zero attached hydrogens (tertiary/aromatic N) is 2. The van der Waals surface area contributed by atoms with Crippen LogP contribution in [0.2, 0.25) is 0 Å². The van der Waals surface area contributed by atoms with Crippen molar-refractivity contribution in [2.45, 2.75) is 12.8 Å². The normalized spacial score (nSPS) is 16.8. The summed E-state index contributed by atoms with van der Waals surface area (Å²) in [4.78, 5) is 21.6. The van der Waals surface area contributed by atoms with Crippen LogP contribution in [0.1, 0.15) is 12.8 Å². The molecule has 3 rings (SSSR count). The highest BCUT2D eigenvalue weighted by Gasteiger charge is 2.20. The first-order valence-electron chi connectivity index (χ1n) is 6.73. The zero-order valence-electron chi connectivity index (χ0n) is 11.0. The third-order valence-electron chi connectivity index (χ3n) is 3.83. The standard InChI is InChI=1S/C14H16BrN3O2/c15-10-1-2-12-11(7-10)13(20)17-14(16-12)18-5-3-9(8-19)4-6-18/h1-2,7,9,19H,3-6,8H2,(H,16,17,20). The molecule has 1 aromatic carbocycles. The summed E-state index contributed by atoms with van der Waals surface area (Å²) < 4.78 is 0.869. The van der Waals surface area contributed by atoms with Gasteiger partial charge in [-0.05, 0) is 37.0 Å². The molecule has 0 saturated carbocycles. The Labute approximate surface area is 124 Å². The second-order valence-corrected chi connectivity index (χ2v) is 6.08. The topological polar surface area (TPSA) is 69.2 Å². The molecule has 2 N–H and O–H groups in total. The smallest absolute Gasteiger partial charge is 0.260 e. The molecule has 0 bridgehead atoms. The van der Waals surface area contributed by atoms with E-state index in [0.29, 0.717) is 22.8 Å². The minimum absolute atomic E-state index is 0.115. The van der Waals surface area contributed by atoms with Gasteiger partial charge in [-0.15, -0.1) is 0 Å². The van der Waals surface area contributed by atoms with Gasteiger partial charge < -0.3 is 10.0 Å². The van der Waals surface area contributed by atoms with E-state index in [2.05, 4.69) is 30.8 Å². The van der Waals surface area contributed by atoms with E-state index >= 15 is 0 Å². The maximum Gasteiger partial charge on any atom is 0.260 e.